The average Bonchev–Trinajstić information content (AvgIpc) is 2.64. The van der Waals surface area contributed by atoms with E-state index >= 15 is 0 Å². The van der Waals surface area contributed by atoms with Crippen LogP contribution in [0.5, 0.6) is 0 Å². The summed E-state index contributed by atoms with van der Waals surface area (Å²) in [5.41, 5.74) is 3.21. The first-order valence-electron chi connectivity index (χ1n) is 5.29. The summed E-state index contributed by atoms with van der Waals surface area (Å²) in [7, 11) is 0. The Balaban J connectivity index is 2.92. The molecule has 0 atom stereocenters. The maximum Gasteiger partial charge on any atom is 0.0923 e. The Morgan fingerprint density at radius 1 is 1.53 bits per heavy atom. The van der Waals surface area contributed by atoms with Crippen molar-refractivity contribution < 1.29 is 0 Å². The van der Waals surface area contributed by atoms with Crippen LogP contribution in [0.4, 0.5) is 0 Å². The summed E-state index contributed by atoms with van der Waals surface area (Å²) in [6, 6.07) is 2.05. The van der Waals surface area contributed by atoms with E-state index in [0.717, 1.165) is 23.4 Å². The summed E-state index contributed by atoms with van der Waals surface area (Å²) >= 11 is 0. The standard InChI is InChI=1S/C13H18N2/c1-4-6-7-9-12(8-5-2)13-10-11(3)14-15-13/h5-10H,4H2,1-3H3,(H,14,15)/b7-6+,8-5-,12-9+. The minimum Gasteiger partial charge on any atom is -0.282 e. The van der Waals surface area contributed by atoms with Gasteiger partial charge in [0.25, 0.3) is 0 Å². The molecule has 1 aromatic rings. The van der Waals surface area contributed by atoms with Gasteiger partial charge in [0.1, 0.15) is 0 Å². The zero-order valence-electron chi connectivity index (χ0n) is 9.62. The zero-order chi connectivity index (χ0) is 11.1. The summed E-state index contributed by atoms with van der Waals surface area (Å²) in [6.45, 7) is 6.14. The molecule has 0 spiro atoms. The van der Waals surface area contributed by atoms with Crippen LogP contribution in [0.25, 0.3) is 5.57 Å². The second-order valence-corrected chi connectivity index (χ2v) is 3.39. The Labute approximate surface area is 91.4 Å². The number of nitrogens with zero attached hydrogens (tertiary/aromatic N) is 1. The highest BCUT2D eigenvalue weighted by atomic mass is 15.1. The molecule has 0 saturated heterocycles. The smallest absolute Gasteiger partial charge is 0.0923 e. The lowest BCUT2D eigenvalue weighted by molar-refractivity contribution is 1.04. The highest BCUT2D eigenvalue weighted by Crippen LogP contribution is 2.14. The van der Waals surface area contributed by atoms with E-state index in [2.05, 4.69) is 41.4 Å². The van der Waals surface area contributed by atoms with Gasteiger partial charge in [-0.05, 0) is 26.3 Å². The Bertz CT molecular complexity index is 381. The van der Waals surface area contributed by atoms with E-state index in [9.17, 15) is 0 Å². The lowest BCUT2D eigenvalue weighted by atomic mass is 10.1. The molecule has 0 aliphatic carbocycles. The predicted molar refractivity (Wildman–Crippen MR) is 65.5 cm³/mol. The van der Waals surface area contributed by atoms with Crippen LogP contribution in [0.15, 0.2) is 36.4 Å². The van der Waals surface area contributed by atoms with Crippen molar-refractivity contribution in [3.8, 4) is 0 Å². The van der Waals surface area contributed by atoms with E-state index in [1.807, 2.05) is 26.0 Å². The number of H-pyrrole nitrogens is 1. The Hall–Kier alpha value is -1.57. The molecule has 1 N–H and O–H groups in total. The van der Waals surface area contributed by atoms with Crippen molar-refractivity contribution in [2.24, 2.45) is 0 Å². The summed E-state index contributed by atoms with van der Waals surface area (Å²) in [5, 5.41) is 7.18. The lowest BCUT2D eigenvalue weighted by Gasteiger charge is -1.94. The van der Waals surface area contributed by atoms with Crippen molar-refractivity contribution in [3.05, 3.63) is 47.8 Å². The summed E-state index contributed by atoms with van der Waals surface area (Å²) < 4.78 is 0. The molecule has 0 amide bonds. The fourth-order valence-electron chi connectivity index (χ4n) is 1.28. The van der Waals surface area contributed by atoms with Gasteiger partial charge in [-0.1, -0.05) is 37.3 Å². The molecule has 0 unspecified atom stereocenters. The van der Waals surface area contributed by atoms with Gasteiger partial charge in [0.2, 0.25) is 0 Å². The quantitative estimate of drug-likeness (QED) is 0.742. The van der Waals surface area contributed by atoms with Crippen LogP contribution < -0.4 is 0 Å². The molecular formula is C13H18N2. The minimum absolute atomic E-state index is 0.992. The normalized spacial score (nSPS) is 13.1. The zero-order valence-corrected chi connectivity index (χ0v) is 9.62. The largest absolute Gasteiger partial charge is 0.282 e. The predicted octanol–water partition coefficient (Wildman–Crippen LogP) is 3.64. The van der Waals surface area contributed by atoms with Gasteiger partial charge in [-0.3, -0.25) is 5.10 Å². The second-order valence-electron chi connectivity index (χ2n) is 3.39. The molecule has 0 aliphatic rings. The molecule has 0 radical (unpaired) electrons. The molecule has 80 valence electrons. The van der Waals surface area contributed by atoms with Gasteiger partial charge in [-0.15, -0.1) is 0 Å². The molecule has 0 saturated carbocycles. The van der Waals surface area contributed by atoms with Crippen molar-refractivity contribution in [2.45, 2.75) is 27.2 Å². The van der Waals surface area contributed by atoms with Crippen molar-refractivity contribution >= 4 is 5.57 Å². The third-order valence-electron chi connectivity index (χ3n) is 2.00. The summed E-state index contributed by atoms with van der Waals surface area (Å²) in [6.07, 6.45) is 11.4. The highest BCUT2D eigenvalue weighted by molar-refractivity contribution is 5.72. The Kier molecular flexibility index (Phi) is 4.61. The number of hydrogen-bond donors (Lipinski definition) is 1. The number of allylic oxidation sites excluding steroid dienone is 6. The summed E-state index contributed by atoms with van der Waals surface area (Å²) in [4.78, 5) is 0. The highest BCUT2D eigenvalue weighted by Gasteiger charge is 2.00. The maximum atomic E-state index is 4.24. The third kappa shape index (κ3) is 3.58. The van der Waals surface area contributed by atoms with Gasteiger partial charge in [-0.2, -0.15) is 5.10 Å². The average molecular weight is 202 g/mol. The number of aromatic amines is 1. The fourth-order valence-corrected chi connectivity index (χ4v) is 1.28. The number of aromatic nitrogens is 2. The molecule has 2 nitrogen and oxygen atoms in total. The van der Waals surface area contributed by atoms with Crippen molar-refractivity contribution in [1.82, 2.24) is 10.2 Å². The number of rotatable bonds is 4. The fraction of sp³-hybridized carbons (Fsp3) is 0.308. The van der Waals surface area contributed by atoms with E-state index in [0.29, 0.717) is 0 Å². The van der Waals surface area contributed by atoms with Gasteiger partial charge >= 0.3 is 0 Å². The Morgan fingerprint density at radius 2 is 2.33 bits per heavy atom. The van der Waals surface area contributed by atoms with Crippen LogP contribution in [0, 0.1) is 6.92 Å². The molecule has 0 aliphatic heterocycles. The number of aryl methyl sites for hydroxylation is 1. The second kappa shape index (κ2) is 6.02. The van der Waals surface area contributed by atoms with Gasteiger partial charge in [-0.25, -0.2) is 0 Å². The van der Waals surface area contributed by atoms with Crippen LogP contribution in [-0.4, -0.2) is 10.2 Å². The van der Waals surface area contributed by atoms with Crippen molar-refractivity contribution in [1.29, 1.82) is 0 Å². The molecule has 1 aromatic heterocycles. The lowest BCUT2D eigenvalue weighted by Crippen LogP contribution is -1.80. The molecule has 1 heterocycles. The minimum atomic E-state index is 0.992. The van der Waals surface area contributed by atoms with Gasteiger partial charge in [0.15, 0.2) is 0 Å². The van der Waals surface area contributed by atoms with E-state index in [4.69, 9.17) is 0 Å². The molecule has 2 heteroatoms. The summed E-state index contributed by atoms with van der Waals surface area (Å²) in [5.74, 6) is 0. The monoisotopic (exact) mass is 202 g/mol. The topological polar surface area (TPSA) is 28.7 Å². The van der Waals surface area contributed by atoms with Crippen LogP contribution in [-0.2, 0) is 0 Å². The van der Waals surface area contributed by atoms with E-state index < -0.39 is 0 Å². The molecule has 0 fully saturated rings. The Morgan fingerprint density at radius 3 is 2.87 bits per heavy atom. The van der Waals surface area contributed by atoms with E-state index in [1.54, 1.807) is 0 Å². The van der Waals surface area contributed by atoms with Crippen molar-refractivity contribution in [2.75, 3.05) is 0 Å². The van der Waals surface area contributed by atoms with Gasteiger partial charge in [0.05, 0.1) is 5.69 Å². The van der Waals surface area contributed by atoms with Gasteiger partial charge < -0.3 is 0 Å². The number of nitrogens with one attached hydrogen (secondary N) is 1. The first-order chi connectivity index (χ1) is 7.27. The molecule has 0 aromatic carbocycles. The molecule has 1 rings (SSSR count). The van der Waals surface area contributed by atoms with E-state index in [-0.39, 0.29) is 0 Å². The van der Waals surface area contributed by atoms with Crippen molar-refractivity contribution in [3.63, 3.8) is 0 Å². The molecular weight excluding hydrogens is 184 g/mol. The van der Waals surface area contributed by atoms with Crippen LogP contribution in [0.2, 0.25) is 0 Å². The SMILES string of the molecule is C\C=C/C(=C\C=C\CC)c1cc(C)[nH]n1. The first kappa shape index (κ1) is 11.5. The van der Waals surface area contributed by atoms with Crippen LogP contribution >= 0.6 is 0 Å². The van der Waals surface area contributed by atoms with Crippen LogP contribution in [0.1, 0.15) is 31.7 Å². The third-order valence-corrected chi connectivity index (χ3v) is 2.00. The number of hydrogen-bond acceptors (Lipinski definition) is 1. The first-order valence-corrected chi connectivity index (χ1v) is 5.29. The van der Waals surface area contributed by atoms with E-state index in [1.165, 1.54) is 0 Å². The maximum absolute atomic E-state index is 4.24. The van der Waals surface area contributed by atoms with Gasteiger partial charge in [0, 0.05) is 11.3 Å². The van der Waals surface area contributed by atoms with Crippen LogP contribution in [0.3, 0.4) is 0 Å². The molecule has 0 bridgehead atoms. The molecule has 15 heavy (non-hydrogen) atoms.